The summed E-state index contributed by atoms with van der Waals surface area (Å²) in [5, 5.41) is 10.6. The second-order valence-electron chi connectivity index (χ2n) is 6.87. The van der Waals surface area contributed by atoms with Crippen LogP contribution in [0.5, 0.6) is 5.75 Å². The average molecular weight is 398 g/mol. The van der Waals surface area contributed by atoms with Crippen LogP contribution >= 0.6 is 12.4 Å². The van der Waals surface area contributed by atoms with Crippen LogP contribution in [0.4, 0.5) is 0 Å². The maximum absolute atomic E-state index is 10.6. The third-order valence-corrected chi connectivity index (χ3v) is 4.49. The van der Waals surface area contributed by atoms with E-state index >= 15 is 0 Å². The SMILES string of the molecule is Cc1ccccc1OCC(O)CN(Cc1ccccc1)Cc1ccccc1.Cl. The molecule has 3 nitrogen and oxygen atoms in total. The van der Waals surface area contributed by atoms with Gasteiger partial charge in [0.05, 0.1) is 0 Å². The number of aliphatic hydroxyl groups excluding tert-OH is 1. The third-order valence-electron chi connectivity index (χ3n) is 4.49. The summed E-state index contributed by atoms with van der Waals surface area (Å²) in [6.07, 6.45) is -0.558. The first-order valence-electron chi connectivity index (χ1n) is 9.37. The number of ether oxygens (including phenoxy) is 1. The van der Waals surface area contributed by atoms with E-state index < -0.39 is 6.10 Å². The normalized spacial score (nSPS) is 11.7. The first kappa shape index (κ1) is 22.0. The Bertz CT molecular complexity index is 770. The fraction of sp³-hybridized carbons (Fsp3) is 0.250. The number of hydrogen-bond acceptors (Lipinski definition) is 3. The van der Waals surface area contributed by atoms with Gasteiger partial charge < -0.3 is 9.84 Å². The van der Waals surface area contributed by atoms with Crippen molar-refractivity contribution in [2.75, 3.05) is 13.2 Å². The number of benzene rings is 3. The molecule has 0 aliphatic carbocycles. The molecule has 3 aromatic carbocycles. The maximum Gasteiger partial charge on any atom is 0.122 e. The van der Waals surface area contributed by atoms with Crippen LogP contribution in [0, 0.1) is 6.92 Å². The van der Waals surface area contributed by atoms with Gasteiger partial charge in [-0.05, 0) is 29.7 Å². The number of halogens is 1. The van der Waals surface area contributed by atoms with Gasteiger partial charge in [0.2, 0.25) is 0 Å². The monoisotopic (exact) mass is 397 g/mol. The fourth-order valence-electron chi connectivity index (χ4n) is 3.12. The van der Waals surface area contributed by atoms with Gasteiger partial charge in [-0.2, -0.15) is 0 Å². The summed E-state index contributed by atoms with van der Waals surface area (Å²) in [7, 11) is 0. The number of aliphatic hydroxyl groups is 1. The molecule has 1 N–H and O–H groups in total. The Labute approximate surface area is 174 Å². The van der Waals surface area contributed by atoms with Crippen molar-refractivity contribution in [1.82, 2.24) is 4.90 Å². The van der Waals surface area contributed by atoms with Crippen LogP contribution in [0.1, 0.15) is 16.7 Å². The highest BCUT2D eigenvalue weighted by Gasteiger charge is 2.14. The van der Waals surface area contributed by atoms with Gasteiger partial charge in [0, 0.05) is 19.6 Å². The largest absolute Gasteiger partial charge is 0.491 e. The quantitative estimate of drug-likeness (QED) is 0.559. The molecular formula is C24H28ClNO2. The summed E-state index contributed by atoms with van der Waals surface area (Å²) in [5.74, 6) is 0.828. The van der Waals surface area contributed by atoms with Crippen molar-refractivity contribution in [2.45, 2.75) is 26.1 Å². The van der Waals surface area contributed by atoms with E-state index in [9.17, 15) is 5.11 Å². The molecule has 1 atom stereocenters. The molecule has 0 aliphatic heterocycles. The maximum atomic E-state index is 10.6. The Morgan fingerprint density at radius 2 is 1.29 bits per heavy atom. The summed E-state index contributed by atoms with van der Waals surface area (Å²) in [5.41, 5.74) is 3.55. The standard InChI is InChI=1S/C24H27NO2.ClH/c1-20-10-8-9-15-24(20)27-19-23(26)18-25(16-21-11-4-2-5-12-21)17-22-13-6-3-7-14-22;/h2-15,23,26H,16-19H2,1H3;1H. The van der Waals surface area contributed by atoms with E-state index in [2.05, 4.69) is 29.2 Å². The van der Waals surface area contributed by atoms with Gasteiger partial charge in [0.25, 0.3) is 0 Å². The van der Waals surface area contributed by atoms with Crippen molar-refractivity contribution in [1.29, 1.82) is 0 Å². The van der Waals surface area contributed by atoms with E-state index in [0.717, 1.165) is 24.4 Å². The van der Waals surface area contributed by atoms with E-state index in [0.29, 0.717) is 6.54 Å². The van der Waals surface area contributed by atoms with E-state index in [-0.39, 0.29) is 19.0 Å². The first-order valence-corrected chi connectivity index (χ1v) is 9.37. The predicted octanol–water partition coefficient (Wildman–Crippen LogP) is 4.86. The van der Waals surface area contributed by atoms with Gasteiger partial charge in [0.15, 0.2) is 0 Å². The number of para-hydroxylation sites is 1. The molecule has 0 fully saturated rings. The molecule has 4 heteroatoms. The molecule has 0 saturated carbocycles. The minimum atomic E-state index is -0.558. The highest BCUT2D eigenvalue weighted by atomic mass is 35.5. The van der Waals surface area contributed by atoms with Crippen molar-refractivity contribution >= 4 is 12.4 Å². The summed E-state index contributed by atoms with van der Waals surface area (Å²) >= 11 is 0. The minimum absolute atomic E-state index is 0. The molecule has 1 unspecified atom stereocenters. The van der Waals surface area contributed by atoms with Gasteiger partial charge in [-0.1, -0.05) is 78.9 Å². The van der Waals surface area contributed by atoms with Crippen molar-refractivity contribution in [3.8, 4) is 5.75 Å². The zero-order chi connectivity index (χ0) is 18.9. The lowest BCUT2D eigenvalue weighted by atomic mass is 10.1. The lowest BCUT2D eigenvalue weighted by molar-refractivity contribution is 0.0626. The van der Waals surface area contributed by atoms with Crippen LogP contribution in [0.25, 0.3) is 0 Å². The lowest BCUT2D eigenvalue weighted by Gasteiger charge is -2.25. The summed E-state index contributed by atoms with van der Waals surface area (Å²) in [6.45, 7) is 4.42. The Hall–Kier alpha value is -2.33. The molecule has 0 amide bonds. The molecule has 0 heterocycles. The first-order chi connectivity index (χ1) is 13.2. The fourth-order valence-corrected chi connectivity index (χ4v) is 3.12. The molecule has 0 spiro atoms. The average Bonchev–Trinajstić information content (AvgIpc) is 2.69. The Balaban J connectivity index is 0.00000280. The smallest absolute Gasteiger partial charge is 0.122 e. The Morgan fingerprint density at radius 1 is 0.786 bits per heavy atom. The zero-order valence-electron chi connectivity index (χ0n) is 16.2. The molecule has 3 aromatic rings. The molecule has 148 valence electrons. The van der Waals surface area contributed by atoms with Gasteiger partial charge in [-0.3, -0.25) is 4.90 Å². The molecule has 0 bridgehead atoms. The summed E-state index contributed by atoms with van der Waals surface area (Å²) in [6, 6.07) is 28.6. The molecular weight excluding hydrogens is 370 g/mol. The highest BCUT2D eigenvalue weighted by Crippen LogP contribution is 2.17. The van der Waals surface area contributed by atoms with E-state index in [4.69, 9.17) is 4.74 Å². The van der Waals surface area contributed by atoms with Crippen molar-refractivity contribution in [2.24, 2.45) is 0 Å². The van der Waals surface area contributed by atoms with Crippen LogP contribution in [0.2, 0.25) is 0 Å². The second-order valence-corrected chi connectivity index (χ2v) is 6.87. The molecule has 0 saturated heterocycles. The van der Waals surface area contributed by atoms with Crippen LogP contribution in [0.3, 0.4) is 0 Å². The van der Waals surface area contributed by atoms with E-state index in [1.807, 2.05) is 67.6 Å². The summed E-state index contributed by atoms with van der Waals surface area (Å²) < 4.78 is 5.82. The molecule has 3 rings (SSSR count). The zero-order valence-corrected chi connectivity index (χ0v) is 17.0. The topological polar surface area (TPSA) is 32.7 Å². The molecule has 0 aliphatic rings. The molecule has 0 aromatic heterocycles. The second kappa shape index (κ2) is 11.5. The molecule has 0 radical (unpaired) electrons. The van der Waals surface area contributed by atoms with Crippen molar-refractivity contribution < 1.29 is 9.84 Å². The van der Waals surface area contributed by atoms with E-state index in [1.165, 1.54) is 11.1 Å². The van der Waals surface area contributed by atoms with Crippen LogP contribution in [-0.4, -0.2) is 29.3 Å². The van der Waals surface area contributed by atoms with Gasteiger partial charge >= 0.3 is 0 Å². The number of aryl methyl sites for hydroxylation is 1. The molecule has 28 heavy (non-hydrogen) atoms. The Morgan fingerprint density at radius 3 is 1.82 bits per heavy atom. The Kier molecular flexibility index (Phi) is 9.02. The van der Waals surface area contributed by atoms with Crippen LogP contribution in [-0.2, 0) is 13.1 Å². The number of hydrogen-bond donors (Lipinski definition) is 1. The summed E-state index contributed by atoms with van der Waals surface area (Å²) in [4.78, 5) is 2.26. The minimum Gasteiger partial charge on any atom is -0.491 e. The highest BCUT2D eigenvalue weighted by molar-refractivity contribution is 5.85. The van der Waals surface area contributed by atoms with Crippen molar-refractivity contribution in [3.63, 3.8) is 0 Å². The van der Waals surface area contributed by atoms with Gasteiger partial charge in [0.1, 0.15) is 18.5 Å². The van der Waals surface area contributed by atoms with Gasteiger partial charge in [-0.25, -0.2) is 0 Å². The van der Waals surface area contributed by atoms with Crippen LogP contribution < -0.4 is 4.74 Å². The van der Waals surface area contributed by atoms with Crippen LogP contribution in [0.15, 0.2) is 84.9 Å². The third kappa shape index (κ3) is 7.01. The predicted molar refractivity (Wildman–Crippen MR) is 117 cm³/mol. The van der Waals surface area contributed by atoms with Crippen molar-refractivity contribution in [3.05, 3.63) is 102 Å². The lowest BCUT2D eigenvalue weighted by Crippen LogP contribution is -2.35. The number of rotatable bonds is 9. The van der Waals surface area contributed by atoms with Gasteiger partial charge in [-0.15, -0.1) is 12.4 Å². The van der Waals surface area contributed by atoms with E-state index in [1.54, 1.807) is 0 Å². The number of nitrogens with zero attached hydrogens (tertiary/aromatic N) is 1.